The Morgan fingerprint density at radius 3 is 2.00 bits per heavy atom. The molecule has 13 heavy (non-hydrogen) atoms. The summed E-state index contributed by atoms with van der Waals surface area (Å²) in [7, 11) is 0. The van der Waals surface area contributed by atoms with Crippen LogP contribution >= 0.6 is 23.5 Å². The van der Waals surface area contributed by atoms with Gasteiger partial charge in [-0.05, 0) is 24.0 Å². The molecule has 1 atom stereocenters. The molecule has 0 radical (unpaired) electrons. The van der Waals surface area contributed by atoms with Crippen molar-refractivity contribution < 1.29 is 0 Å². The first-order valence-electron chi connectivity index (χ1n) is 5.30. The van der Waals surface area contributed by atoms with Crippen molar-refractivity contribution in [1.82, 2.24) is 0 Å². The molecule has 2 heteroatoms. The van der Waals surface area contributed by atoms with Gasteiger partial charge in [0, 0.05) is 5.25 Å². The van der Waals surface area contributed by atoms with Crippen molar-refractivity contribution in [2.45, 2.75) is 50.4 Å². The van der Waals surface area contributed by atoms with Gasteiger partial charge in [-0.1, -0.05) is 34.6 Å². The van der Waals surface area contributed by atoms with Crippen molar-refractivity contribution in [2.24, 2.45) is 11.8 Å². The van der Waals surface area contributed by atoms with Crippen LogP contribution in [0, 0.1) is 11.8 Å². The van der Waals surface area contributed by atoms with Gasteiger partial charge >= 0.3 is 0 Å². The Balaban J connectivity index is 2.77. The van der Waals surface area contributed by atoms with Crippen molar-refractivity contribution in [1.29, 1.82) is 0 Å². The zero-order chi connectivity index (χ0) is 10.1. The van der Waals surface area contributed by atoms with Gasteiger partial charge in [0.15, 0.2) is 0 Å². The summed E-state index contributed by atoms with van der Waals surface area (Å²) >= 11 is 4.41. The molecule has 1 aliphatic rings. The van der Waals surface area contributed by atoms with E-state index in [0.29, 0.717) is 4.08 Å². The average Bonchev–Trinajstić information content (AvgIpc) is 2.03. The summed E-state index contributed by atoms with van der Waals surface area (Å²) in [5.74, 6) is 2.92. The third-order valence-electron chi connectivity index (χ3n) is 2.85. The van der Waals surface area contributed by atoms with Crippen molar-refractivity contribution in [3.8, 4) is 0 Å². The molecule has 0 aromatic rings. The van der Waals surface area contributed by atoms with Gasteiger partial charge in [0.1, 0.15) is 0 Å². The van der Waals surface area contributed by atoms with E-state index in [1.807, 2.05) is 0 Å². The molecule has 0 saturated carbocycles. The van der Waals surface area contributed by atoms with Gasteiger partial charge in [-0.2, -0.15) is 0 Å². The van der Waals surface area contributed by atoms with E-state index in [1.165, 1.54) is 12.2 Å². The Morgan fingerprint density at radius 1 is 1.15 bits per heavy atom. The van der Waals surface area contributed by atoms with Crippen molar-refractivity contribution in [3.63, 3.8) is 0 Å². The zero-order valence-corrected chi connectivity index (χ0v) is 11.1. The highest BCUT2D eigenvalue weighted by molar-refractivity contribution is 8.19. The predicted octanol–water partition coefficient (Wildman–Crippen LogP) is 4.25. The van der Waals surface area contributed by atoms with Gasteiger partial charge in [-0.3, -0.25) is 0 Å². The van der Waals surface area contributed by atoms with E-state index in [1.54, 1.807) is 0 Å². The van der Waals surface area contributed by atoms with Crippen molar-refractivity contribution >= 4 is 23.5 Å². The molecule has 0 nitrogen and oxygen atoms in total. The molecule has 0 aromatic carbocycles. The van der Waals surface area contributed by atoms with Gasteiger partial charge in [0.05, 0.1) is 4.08 Å². The Kier molecular flexibility index (Phi) is 4.06. The summed E-state index contributed by atoms with van der Waals surface area (Å²) in [6.45, 7) is 11.9. The summed E-state index contributed by atoms with van der Waals surface area (Å²) in [4.78, 5) is 0. The van der Waals surface area contributed by atoms with Crippen LogP contribution in [0.5, 0.6) is 0 Å². The predicted molar refractivity (Wildman–Crippen MR) is 66.5 cm³/mol. The number of thioether (sulfide) groups is 2. The van der Waals surface area contributed by atoms with Gasteiger partial charge < -0.3 is 0 Å². The fourth-order valence-electron chi connectivity index (χ4n) is 2.06. The molecule has 0 spiro atoms. The van der Waals surface area contributed by atoms with E-state index in [9.17, 15) is 0 Å². The highest BCUT2D eigenvalue weighted by atomic mass is 32.2. The van der Waals surface area contributed by atoms with Crippen LogP contribution < -0.4 is 0 Å². The fraction of sp³-hybridized carbons (Fsp3) is 1.00. The first kappa shape index (κ1) is 11.8. The van der Waals surface area contributed by atoms with E-state index in [2.05, 4.69) is 58.1 Å². The van der Waals surface area contributed by atoms with Crippen LogP contribution in [0.15, 0.2) is 0 Å². The van der Waals surface area contributed by atoms with Crippen LogP contribution in [0.2, 0.25) is 0 Å². The topological polar surface area (TPSA) is 0 Å². The molecule has 0 N–H and O–H groups in total. The molecule has 0 aromatic heterocycles. The summed E-state index contributed by atoms with van der Waals surface area (Å²) in [5.41, 5.74) is 0. The lowest BCUT2D eigenvalue weighted by Crippen LogP contribution is -2.38. The first-order valence-corrected chi connectivity index (χ1v) is 7.17. The highest BCUT2D eigenvalue weighted by Crippen LogP contribution is 2.54. The number of hydrogen-bond donors (Lipinski definition) is 0. The molecular weight excluding hydrogens is 196 g/mol. The fourth-order valence-corrected chi connectivity index (χ4v) is 6.09. The zero-order valence-electron chi connectivity index (χ0n) is 9.46. The molecule has 0 aliphatic carbocycles. The second kappa shape index (κ2) is 4.48. The summed E-state index contributed by atoms with van der Waals surface area (Å²) < 4.78 is 0.484. The first-order chi connectivity index (χ1) is 5.99. The Labute approximate surface area is 91.6 Å². The number of hydrogen-bond acceptors (Lipinski definition) is 2. The normalized spacial score (nSPS) is 28.4. The van der Waals surface area contributed by atoms with Crippen LogP contribution in [0.25, 0.3) is 0 Å². The van der Waals surface area contributed by atoms with E-state index in [-0.39, 0.29) is 0 Å². The largest absolute Gasteiger partial charge is 0.144 e. The van der Waals surface area contributed by atoms with E-state index < -0.39 is 0 Å². The van der Waals surface area contributed by atoms with E-state index >= 15 is 0 Å². The van der Waals surface area contributed by atoms with E-state index in [4.69, 9.17) is 0 Å². The SMILES string of the molecule is CC1CCSC(C(C)C)(C(C)C)S1. The molecule has 78 valence electrons. The summed E-state index contributed by atoms with van der Waals surface area (Å²) in [5, 5.41) is 0.853. The maximum absolute atomic E-state index is 2.38. The van der Waals surface area contributed by atoms with E-state index in [0.717, 1.165) is 17.1 Å². The molecule has 0 bridgehead atoms. The summed E-state index contributed by atoms with van der Waals surface area (Å²) in [6.07, 6.45) is 1.39. The minimum absolute atomic E-state index is 0.484. The van der Waals surface area contributed by atoms with Gasteiger partial charge in [0.2, 0.25) is 0 Å². The lowest BCUT2D eigenvalue weighted by Gasteiger charge is -2.45. The molecule has 1 rings (SSSR count). The van der Waals surface area contributed by atoms with Crippen LogP contribution in [0.4, 0.5) is 0 Å². The Hall–Kier alpha value is 0.700. The van der Waals surface area contributed by atoms with Crippen molar-refractivity contribution in [3.05, 3.63) is 0 Å². The lowest BCUT2D eigenvalue weighted by molar-refractivity contribution is 0.445. The second-order valence-electron chi connectivity index (χ2n) is 4.60. The minimum atomic E-state index is 0.484. The molecular formula is C11H22S2. The Morgan fingerprint density at radius 2 is 1.69 bits per heavy atom. The van der Waals surface area contributed by atoms with Gasteiger partial charge in [-0.25, -0.2) is 0 Å². The quantitative estimate of drug-likeness (QED) is 0.679. The average molecular weight is 218 g/mol. The molecule has 1 saturated heterocycles. The summed E-state index contributed by atoms with van der Waals surface area (Å²) in [6, 6.07) is 0. The monoisotopic (exact) mass is 218 g/mol. The van der Waals surface area contributed by atoms with Gasteiger partial charge in [-0.15, -0.1) is 23.5 Å². The highest BCUT2D eigenvalue weighted by Gasteiger charge is 2.41. The minimum Gasteiger partial charge on any atom is -0.144 e. The third-order valence-corrected chi connectivity index (χ3v) is 7.27. The maximum atomic E-state index is 2.38. The van der Waals surface area contributed by atoms with Crippen LogP contribution in [-0.2, 0) is 0 Å². The molecule has 1 unspecified atom stereocenters. The molecule has 1 fully saturated rings. The maximum Gasteiger partial charge on any atom is 0.0659 e. The standard InChI is InChI=1S/C11H22S2/c1-8(2)11(9(3)4)12-7-6-10(5)13-11/h8-10H,6-7H2,1-5H3. The van der Waals surface area contributed by atoms with Crippen LogP contribution in [0.1, 0.15) is 41.0 Å². The number of rotatable bonds is 2. The van der Waals surface area contributed by atoms with Gasteiger partial charge in [0.25, 0.3) is 0 Å². The smallest absolute Gasteiger partial charge is 0.0659 e. The third kappa shape index (κ3) is 2.38. The van der Waals surface area contributed by atoms with Crippen LogP contribution in [-0.4, -0.2) is 15.1 Å². The Bertz CT molecular complexity index is 155. The lowest BCUT2D eigenvalue weighted by atomic mass is 9.99. The van der Waals surface area contributed by atoms with Crippen LogP contribution in [0.3, 0.4) is 0 Å². The molecule has 1 heterocycles. The van der Waals surface area contributed by atoms with Crippen molar-refractivity contribution in [2.75, 3.05) is 5.75 Å². The molecule has 0 amide bonds. The molecule has 1 aliphatic heterocycles. The second-order valence-corrected chi connectivity index (χ2v) is 7.94.